The Balaban J connectivity index is 1.71. The van der Waals surface area contributed by atoms with E-state index in [4.69, 9.17) is 4.42 Å². The molecule has 24 heavy (non-hydrogen) atoms. The van der Waals surface area contributed by atoms with Crippen LogP contribution in [0.2, 0.25) is 0 Å². The van der Waals surface area contributed by atoms with Crippen molar-refractivity contribution in [2.75, 3.05) is 26.2 Å². The van der Waals surface area contributed by atoms with Crippen molar-refractivity contribution < 1.29 is 17.6 Å². The molecule has 1 aromatic carbocycles. The van der Waals surface area contributed by atoms with Gasteiger partial charge >= 0.3 is 0 Å². The third kappa shape index (κ3) is 3.29. The van der Waals surface area contributed by atoms with Crippen molar-refractivity contribution in [1.29, 1.82) is 0 Å². The molecule has 0 unspecified atom stereocenters. The van der Waals surface area contributed by atoms with Crippen LogP contribution in [0, 0.1) is 5.92 Å². The number of oxazole rings is 1. The monoisotopic (exact) mass is 351 g/mol. The number of aromatic nitrogens is 1. The number of piperazine rings is 1. The molecule has 0 aliphatic carbocycles. The Kier molecular flexibility index (Phi) is 4.60. The number of hydrogen-bond acceptors (Lipinski definition) is 5. The molecule has 8 heteroatoms. The van der Waals surface area contributed by atoms with Crippen molar-refractivity contribution >= 4 is 27.0 Å². The van der Waals surface area contributed by atoms with Crippen LogP contribution in [0.15, 0.2) is 33.9 Å². The zero-order valence-electron chi connectivity index (χ0n) is 13.8. The van der Waals surface area contributed by atoms with Gasteiger partial charge in [-0.15, -0.1) is 0 Å². The van der Waals surface area contributed by atoms with E-state index in [-0.39, 0.29) is 10.8 Å². The summed E-state index contributed by atoms with van der Waals surface area (Å²) in [6, 6.07) is 4.67. The molecule has 0 N–H and O–H groups in total. The van der Waals surface area contributed by atoms with E-state index in [1.54, 1.807) is 11.0 Å². The molecule has 0 atom stereocenters. The summed E-state index contributed by atoms with van der Waals surface area (Å²) in [7, 11) is -3.60. The van der Waals surface area contributed by atoms with Crippen molar-refractivity contribution in [2.45, 2.75) is 25.2 Å². The van der Waals surface area contributed by atoms with Crippen molar-refractivity contribution in [3.05, 3.63) is 24.6 Å². The Morgan fingerprint density at radius 2 is 1.96 bits per heavy atom. The smallest absolute Gasteiger partial charge is 0.243 e. The van der Waals surface area contributed by atoms with Crippen molar-refractivity contribution in [3.8, 4) is 0 Å². The van der Waals surface area contributed by atoms with Crippen molar-refractivity contribution in [1.82, 2.24) is 14.2 Å². The lowest BCUT2D eigenvalue weighted by Gasteiger charge is -2.34. The quantitative estimate of drug-likeness (QED) is 0.837. The Bertz CT molecular complexity index is 836. The van der Waals surface area contributed by atoms with E-state index < -0.39 is 10.0 Å². The number of amides is 1. The van der Waals surface area contributed by atoms with E-state index in [0.29, 0.717) is 49.6 Å². The first-order valence-corrected chi connectivity index (χ1v) is 9.43. The highest BCUT2D eigenvalue weighted by Gasteiger charge is 2.30. The molecule has 2 aromatic rings. The highest BCUT2D eigenvalue weighted by molar-refractivity contribution is 7.89. The first-order chi connectivity index (χ1) is 11.4. The number of benzene rings is 1. The minimum absolute atomic E-state index is 0.0881. The number of rotatable bonds is 4. The van der Waals surface area contributed by atoms with Gasteiger partial charge in [-0.05, 0) is 18.1 Å². The molecule has 2 heterocycles. The molecule has 1 aromatic heterocycles. The Labute approximate surface area is 141 Å². The van der Waals surface area contributed by atoms with Gasteiger partial charge in [0.15, 0.2) is 12.0 Å². The zero-order chi connectivity index (χ0) is 17.3. The van der Waals surface area contributed by atoms with Crippen LogP contribution in [0.25, 0.3) is 11.1 Å². The maximum atomic E-state index is 12.8. The van der Waals surface area contributed by atoms with Gasteiger partial charge in [-0.3, -0.25) is 4.79 Å². The van der Waals surface area contributed by atoms with Crippen LogP contribution in [-0.4, -0.2) is 54.7 Å². The van der Waals surface area contributed by atoms with Crippen LogP contribution in [0.4, 0.5) is 0 Å². The van der Waals surface area contributed by atoms with E-state index in [1.807, 2.05) is 13.8 Å². The summed E-state index contributed by atoms with van der Waals surface area (Å²) < 4.78 is 32.1. The summed E-state index contributed by atoms with van der Waals surface area (Å²) in [5, 5.41) is 0. The standard InChI is InChI=1S/C16H21N3O4S/c1-12(2)9-16(20)18-5-7-19(8-6-18)24(21,22)13-3-4-14-15(10-13)23-11-17-14/h3-4,10-12H,5-9H2,1-2H3. The first-order valence-electron chi connectivity index (χ1n) is 7.99. The summed E-state index contributed by atoms with van der Waals surface area (Å²) in [5.74, 6) is 0.387. The Hall–Kier alpha value is -1.93. The maximum Gasteiger partial charge on any atom is 0.243 e. The molecule has 0 radical (unpaired) electrons. The van der Waals surface area contributed by atoms with E-state index in [1.165, 1.54) is 22.8 Å². The first kappa shape index (κ1) is 16.9. The second-order valence-corrected chi connectivity index (χ2v) is 8.30. The molecule has 7 nitrogen and oxygen atoms in total. The van der Waals surface area contributed by atoms with Crippen LogP contribution in [0.1, 0.15) is 20.3 Å². The van der Waals surface area contributed by atoms with E-state index in [9.17, 15) is 13.2 Å². The number of fused-ring (bicyclic) bond motifs is 1. The largest absolute Gasteiger partial charge is 0.443 e. The van der Waals surface area contributed by atoms with Crippen molar-refractivity contribution in [2.24, 2.45) is 5.92 Å². The molecule has 1 aliphatic rings. The van der Waals surface area contributed by atoms with Gasteiger partial charge in [-0.25, -0.2) is 13.4 Å². The lowest BCUT2D eigenvalue weighted by Crippen LogP contribution is -2.50. The van der Waals surface area contributed by atoms with E-state index >= 15 is 0 Å². The number of carbonyl (C=O) groups is 1. The fourth-order valence-electron chi connectivity index (χ4n) is 2.80. The van der Waals surface area contributed by atoms with Crippen molar-refractivity contribution in [3.63, 3.8) is 0 Å². The predicted octanol–water partition coefficient (Wildman–Crippen LogP) is 1.71. The summed E-state index contributed by atoms with van der Waals surface area (Å²) in [4.78, 5) is 18.0. The summed E-state index contributed by atoms with van der Waals surface area (Å²) in [6.07, 6.45) is 1.79. The third-order valence-corrected chi connectivity index (χ3v) is 6.01. The fraction of sp³-hybridized carbons (Fsp3) is 0.500. The zero-order valence-corrected chi connectivity index (χ0v) is 14.6. The van der Waals surface area contributed by atoms with Gasteiger partial charge in [0.05, 0.1) is 4.90 Å². The van der Waals surface area contributed by atoms with Gasteiger partial charge in [0.25, 0.3) is 0 Å². The number of hydrogen-bond donors (Lipinski definition) is 0. The molecule has 1 amide bonds. The lowest BCUT2D eigenvalue weighted by atomic mass is 10.1. The molecular weight excluding hydrogens is 330 g/mol. The molecule has 0 spiro atoms. The molecule has 3 rings (SSSR count). The second-order valence-electron chi connectivity index (χ2n) is 6.36. The topological polar surface area (TPSA) is 83.7 Å². The molecule has 1 saturated heterocycles. The highest BCUT2D eigenvalue weighted by atomic mass is 32.2. The predicted molar refractivity (Wildman–Crippen MR) is 88.8 cm³/mol. The van der Waals surface area contributed by atoms with Gasteiger partial charge in [0.2, 0.25) is 15.9 Å². The van der Waals surface area contributed by atoms with E-state index in [0.717, 1.165) is 0 Å². The number of sulfonamides is 1. The SMILES string of the molecule is CC(C)CC(=O)N1CCN(S(=O)(=O)c2ccc3ncoc3c2)CC1. The summed E-state index contributed by atoms with van der Waals surface area (Å²) in [5.41, 5.74) is 1.07. The second kappa shape index (κ2) is 6.52. The molecule has 0 bridgehead atoms. The minimum atomic E-state index is -3.60. The van der Waals surface area contributed by atoms with Gasteiger partial charge < -0.3 is 9.32 Å². The Morgan fingerprint density at radius 1 is 1.25 bits per heavy atom. The van der Waals surface area contributed by atoms with E-state index in [2.05, 4.69) is 4.98 Å². The average molecular weight is 351 g/mol. The summed E-state index contributed by atoms with van der Waals surface area (Å²) >= 11 is 0. The van der Waals surface area contributed by atoms with Gasteiger partial charge in [0, 0.05) is 38.7 Å². The molecular formula is C16H21N3O4S. The van der Waals surface area contributed by atoms with Crippen LogP contribution < -0.4 is 0 Å². The average Bonchev–Trinajstić information content (AvgIpc) is 3.02. The Morgan fingerprint density at radius 3 is 2.62 bits per heavy atom. The lowest BCUT2D eigenvalue weighted by molar-refractivity contribution is -0.133. The van der Waals surface area contributed by atoms with Crippen LogP contribution in [0.3, 0.4) is 0 Å². The van der Waals surface area contributed by atoms with Gasteiger partial charge in [-0.2, -0.15) is 4.31 Å². The number of carbonyl (C=O) groups excluding carboxylic acids is 1. The molecule has 1 fully saturated rings. The third-order valence-electron chi connectivity index (χ3n) is 4.11. The maximum absolute atomic E-state index is 12.8. The number of nitrogens with zero attached hydrogens (tertiary/aromatic N) is 3. The summed E-state index contributed by atoms with van der Waals surface area (Å²) in [6.45, 7) is 5.46. The van der Waals surface area contributed by atoms with Crippen LogP contribution in [0.5, 0.6) is 0 Å². The van der Waals surface area contributed by atoms with Crippen LogP contribution in [-0.2, 0) is 14.8 Å². The molecule has 0 saturated carbocycles. The van der Waals surface area contributed by atoms with Gasteiger partial charge in [0.1, 0.15) is 5.52 Å². The minimum Gasteiger partial charge on any atom is -0.443 e. The van der Waals surface area contributed by atoms with Gasteiger partial charge in [-0.1, -0.05) is 13.8 Å². The van der Waals surface area contributed by atoms with Crippen LogP contribution >= 0.6 is 0 Å². The molecule has 1 aliphatic heterocycles. The normalized spacial score (nSPS) is 16.9. The fourth-order valence-corrected chi connectivity index (χ4v) is 4.24. The molecule has 130 valence electrons. The highest BCUT2D eigenvalue weighted by Crippen LogP contribution is 2.22.